The molecule has 0 heterocycles. The Hall–Kier alpha value is -0.860. The maximum absolute atomic E-state index is 9.78. The Morgan fingerprint density at radius 1 is 1.42 bits per heavy atom. The molecular formula is C10H13NO. The Bertz CT molecular complexity index is 285. The van der Waals surface area contributed by atoms with E-state index in [1.807, 2.05) is 25.2 Å². The van der Waals surface area contributed by atoms with E-state index in [1.165, 1.54) is 5.56 Å². The quantitative estimate of drug-likeness (QED) is 0.643. The number of rotatable bonds is 1. The fourth-order valence-electron chi connectivity index (χ4n) is 1.83. The number of hydrogen-bond acceptors (Lipinski definition) is 2. The lowest BCUT2D eigenvalue weighted by molar-refractivity contribution is 0.146. The molecule has 0 spiro atoms. The van der Waals surface area contributed by atoms with Gasteiger partial charge in [0, 0.05) is 6.04 Å². The SMILES string of the molecule is CN[C@H]1Cc2ccccc2[C@H]1O. The fraction of sp³-hybridized carbons (Fsp3) is 0.400. The molecule has 0 bridgehead atoms. The summed E-state index contributed by atoms with van der Waals surface area (Å²) in [4.78, 5) is 0. The predicted molar refractivity (Wildman–Crippen MR) is 48.0 cm³/mol. The highest BCUT2D eigenvalue weighted by atomic mass is 16.3. The molecular weight excluding hydrogens is 150 g/mol. The third-order valence-electron chi connectivity index (χ3n) is 2.57. The number of aliphatic hydroxyl groups excluding tert-OH is 1. The molecule has 0 aromatic heterocycles. The minimum absolute atomic E-state index is 0.197. The molecule has 0 saturated heterocycles. The highest BCUT2D eigenvalue weighted by Crippen LogP contribution is 2.30. The number of hydrogen-bond donors (Lipinski definition) is 2. The first kappa shape index (κ1) is 7.77. The van der Waals surface area contributed by atoms with E-state index in [0.29, 0.717) is 0 Å². The van der Waals surface area contributed by atoms with Gasteiger partial charge in [0.2, 0.25) is 0 Å². The largest absolute Gasteiger partial charge is 0.387 e. The normalized spacial score (nSPS) is 27.2. The van der Waals surface area contributed by atoms with Crippen molar-refractivity contribution in [3.05, 3.63) is 35.4 Å². The zero-order chi connectivity index (χ0) is 8.55. The molecule has 2 N–H and O–H groups in total. The molecule has 1 aliphatic rings. The van der Waals surface area contributed by atoms with Crippen molar-refractivity contribution in [2.24, 2.45) is 0 Å². The second-order valence-corrected chi connectivity index (χ2v) is 3.24. The molecule has 1 aromatic carbocycles. The Morgan fingerprint density at radius 2 is 2.17 bits per heavy atom. The van der Waals surface area contributed by atoms with Crippen LogP contribution in [0.5, 0.6) is 0 Å². The molecule has 2 atom stereocenters. The van der Waals surface area contributed by atoms with Crippen LogP contribution in [0, 0.1) is 0 Å². The molecule has 0 radical (unpaired) electrons. The van der Waals surface area contributed by atoms with Gasteiger partial charge in [-0.3, -0.25) is 0 Å². The fourth-order valence-corrected chi connectivity index (χ4v) is 1.83. The second kappa shape index (κ2) is 2.88. The molecule has 0 amide bonds. The van der Waals surface area contributed by atoms with E-state index in [9.17, 15) is 5.11 Å². The number of benzene rings is 1. The summed E-state index contributed by atoms with van der Waals surface area (Å²) >= 11 is 0. The number of likely N-dealkylation sites (N-methyl/N-ethyl adjacent to an activating group) is 1. The van der Waals surface area contributed by atoms with Crippen molar-refractivity contribution in [1.82, 2.24) is 5.32 Å². The van der Waals surface area contributed by atoms with Crippen molar-refractivity contribution in [3.63, 3.8) is 0 Å². The van der Waals surface area contributed by atoms with Crippen LogP contribution in [0.2, 0.25) is 0 Å². The van der Waals surface area contributed by atoms with Crippen LogP contribution in [0.25, 0.3) is 0 Å². The molecule has 0 aliphatic heterocycles. The zero-order valence-corrected chi connectivity index (χ0v) is 7.12. The molecule has 1 aromatic rings. The van der Waals surface area contributed by atoms with Gasteiger partial charge in [-0.25, -0.2) is 0 Å². The topological polar surface area (TPSA) is 32.3 Å². The maximum atomic E-state index is 9.78. The molecule has 12 heavy (non-hydrogen) atoms. The smallest absolute Gasteiger partial charge is 0.0948 e. The van der Waals surface area contributed by atoms with Crippen LogP contribution in [0.3, 0.4) is 0 Å². The van der Waals surface area contributed by atoms with Crippen LogP contribution >= 0.6 is 0 Å². The van der Waals surface area contributed by atoms with Crippen molar-refractivity contribution in [2.75, 3.05) is 7.05 Å². The van der Waals surface area contributed by atoms with E-state index in [4.69, 9.17) is 0 Å². The molecule has 64 valence electrons. The highest BCUT2D eigenvalue weighted by molar-refractivity contribution is 5.35. The van der Waals surface area contributed by atoms with Gasteiger partial charge in [-0.2, -0.15) is 0 Å². The summed E-state index contributed by atoms with van der Waals surface area (Å²) < 4.78 is 0. The minimum Gasteiger partial charge on any atom is -0.387 e. The molecule has 2 rings (SSSR count). The van der Waals surface area contributed by atoms with E-state index in [-0.39, 0.29) is 12.1 Å². The average molecular weight is 163 g/mol. The Kier molecular flexibility index (Phi) is 1.87. The van der Waals surface area contributed by atoms with Crippen LogP contribution < -0.4 is 5.32 Å². The van der Waals surface area contributed by atoms with Crippen LogP contribution in [0.15, 0.2) is 24.3 Å². The van der Waals surface area contributed by atoms with E-state index >= 15 is 0 Å². The van der Waals surface area contributed by atoms with Crippen molar-refractivity contribution < 1.29 is 5.11 Å². The highest BCUT2D eigenvalue weighted by Gasteiger charge is 2.28. The van der Waals surface area contributed by atoms with Gasteiger partial charge >= 0.3 is 0 Å². The molecule has 1 aliphatic carbocycles. The van der Waals surface area contributed by atoms with Crippen molar-refractivity contribution in [2.45, 2.75) is 18.6 Å². The number of nitrogens with one attached hydrogen (secondary N) is 1. The molecule has 2 nitrogen and oxygen atoms in total. The number of fused-ring (bicyclic) bond motifs is 1. The predicted octanol–water partition coefficient (Wildman–Crippen LogP) is 0.864. The third-order valence-corrected chi connectivity index (χ3v) is 2.57. The summed E-state index contributed by atoms with van der Waals surface area (Å²) in [6.07, 6.45) is 0.611. The summed E-state index contributed by atoms with van der Waals surface area (Å²) in [6.45, 7) is 0. The molecule has 0 fully saturated rings. The van der Waals surface area contributed by atoms with Crippen LogP contribution in [0.1, 0.15) is 17.2 Å². The monoisotopic (exact) mass is 163 g/mol. The second-order valence-electron chi connectivity index (χ2n) is 3.24. The lowest BCUT2D eigenvalue weighted by atomic mass is 10.1. The Labute approximate surface area is 72.2 Å². The van der Waals surface area contributed by atoms with E-state index in [2.05, 4.69) is 11.4 Å². The standard InChI is InChI=1S/C10H13NO/c1-11-9-6-7-4-2-3-5-8(7)10(9)12/h2-5,9-12H,6H2,1H3/t9-,10+/m0/s1. The summed E-state index contributed by atoms with van der Waals surface area (Å²) in [5.74, 6) is 0. The van der Waals surface area contributed by atoms with Gasteiger partial charge in [0.05, 0.1) is 6.10 Å². The number of aliphatic hydroxyl groups is 1. The molecule has 0 saturated carbocycles. The maximum Gasteiger partial charge on any atom is 0.0948 e. The lowest BCUT2D eigenvalue weighted by Crippen LogP contribution is -2.29. The van der Waals surface area contributed by atoms with Gasteiger partial charge < -0.3 is 10.4 Å². The van der Waals surface area contributed by atoms with Gasteiger partial charge in [0.1, 0.15) is 0 Å². The summed E-state index contributed by atoms with van der Waals surface area (Å²) in [5, 5.41) is 12.9. The molecule has 0 unspecified atom stereocenters. The van der Waals surface area contributed by atoms with Gasteiger partial charge in [-0.05, 0) is 24.6 Å². The zero-order valence-electron chi connectivity index (χ0n) is 7.12. The molecule has 2 heteroatoms. The van der Waals surface area contributed by atoms with E-state index in [1.54, 1.807) is 0 Å². The van der Waals surface area contributed by atoms with Gasteiger partial charge in [-0.1, -0.05) is 24.3 Å². The van der Waals surface area contributed by atoms with Gasteiger partial charge in [0.25, 0.3) is 0 Å². The first-order valence-corrected chi connectivity index (χ1v) is 4.26. The summed E-state index contributed by atoms with van der Waals surface area (Å²) in [7, 11) is 1.89. The van der Waals surface area contributed by atoms with E-state index < -0.39 is 0 Å². The Balaban J connectivity index is 2.35. The van der Waals surface area contributed by atoms with E-state index in [0.717, 1.165) is 12.0 Å². The lowest BCUT2D eigenvalue weighted by Gasteiger charge is -2.12. The van der Waals surface area contributed by atoms with Gasteiger partial charge in [0.15, 0.2) is 0 Å². The third kappa shape index (κ3) is 1.04. The first-order valence-electron chi connectivity index (χ1n) is 4.26. The van der Waals surface area contributed by atoms with Crippen LogP contribution in [0.4, 0.5) is 0 Å². The van der Waals surface area contributed by atoms with Crippen molar-refractivity contribution >= 4 is 0 Å². The minimum atomic E-state index is -0.328. The summed E-state index contributed by atoms with van der Waals surface area (Å²) in [6, 6.07) is 8.26. The van der Waals surface area contributed by atoms with Crippen molar-refractivity contribution in [3.8, 4) is 0 Å². The summed E-state index contributed by atoms with van der Waals surface area (Å²) in [5.41, 5.74) is 2.35. The Morgan fingerprint density at radius 3 is 2.83 bits per heavy atom. The van der Waals surface area contributed by atoms with Crippen molar-refractivity contribution in [1.29, 1.82) is 0 Å². The first-order chi connectivity index (χ1) is 5.83. The van der Waals surface area contributed by atoms with Crippen LogP contribution in [-0.4, -0.2) is 18.2 Å². The average Bonchev–Trinajstić information content (AvgIpc) is 2.44. The van der Waals surface area contributed by atoms with Gasteiger partial charge in [-0.15, -0.1) is 0 Å². The van der Waals surface area contributed by atoms with Crippen LogP contribution in [-0.2, 0) is 6.42 Å².